The Morgan fingerprint density at radius 1 is 1.13 bits per heavy atom. The molecule has 0 amide bonds. The first-order valence-corrected chi connectivity index (χ1v) is 8.50. The highest BCUT2D eigenvalue weighted by Crippen LogP contribution is 2.35. The minimum absolute atomic E-state index is 0.973. The fourth-order valence-corrected chi connectivity index (χ4v) is 2.81. The summed E-state index contributed by atoms with van der Waals surface area (Å²) in [6.07, 6.45) is 4.79. The molecule has 0 aromatic heterocycles. The van der Waals surface area contributed by atoms with E-state index >= 15 is 0 Å². The minimum atomic E-state index is 0.973. The second-order valence-electron chi connectivity index (χ2n) is 5.36. The van der Waals surface area contributed by atoms with Crippen LogP contribution in [0.25, 0.3) is 0 Å². The summed E-state index contributed by atoms with van der Waals surface area (Å²) in [4.78, 5) is 2.25. The van der Waals surface area contributed by atoms with Crippen LogP contribution >= 0.6 is 15.9 Å². The molecule has 2 heteroatoms. The summed E-state index contributed by atoms with van der Waals surface area (Å²) in [5, 5.41) is 0. The lowest BCUT2D eigenvalue weighted by Gasteiger charge is -2.30. The van der Waals surface area contributed by atoms with Crippen LogP contribution in [0.3, 0.4) is 0 Å². The van der Waals surface area contributed by atoms with Crippen molar-refractivity contribution in [2.45, 2.75) is 20.3 Å². The van der Waals surface area contributed by atoms with Crippen LogP contribution in [0.4, 0.5) is 11.4 Å². The zero-order valence-electron chi connectivity index (χ0n) is 13.7. The number of nitrogens with zero attached hydrogens (tertiary/aromatic N) is 1. The quantitative estimate of drug-likeness (QED) is 0.507. The number of rotatable bonds is 6. The number of anilines is 2. The van der Waals surface area contributed by atoms with E-state index in [9.17, 15) is 0 Å². The molecule has 0 fully saturated rings. The molecule has 0 saturated heterocycles. The van der Waals surface area contributed by atoms with E-state index in [2.05, 4.69) is 89.4 Å². The van der Waals surface area contributed by atoms with E-state index in [0.717, 1.165) is 27.9 Å². The first-order chi connectivity index (χ1) is 11.1. The average molecular weight is 368 g/mol. The Kier molecular flexibility index (Phi) is 6.00. The van der Waals surface area contributed by atoms with Crippen molar-refractivity contribution < 1.29 is 0 Å². The number of halogens is 1. The van der Waals surface area contributed by atoms with E-state index in [1.165, 1.54) is 11.3 Å². The number of benzene rings is 2. The van der Waals surface area contributed by atoms with E-state index in [1.807, 2.05) is 19.1 Å². The summed E-state index contributed by atoms with van der Waals surface area (Å²) in [6, 6.07) is 16.8. The molecule has 0 bridgehead atoms. The van der Waals surface area contributed by atoms with E-state index in [1.54, 1.807) is 0 Å². The molecule has 0 aliphatic carbocycles. The summed E-state index contributed by atoms with van der Waals surface area (Å²) in [6.45, 7) is 12.2. The van der Waals surface area contributed by atoms with Gasteiger partial charge < -0.3 is 4.90 Å². The van der Waals surface area contributed by atoms with Gasteiger partial charge in [0.2, 0.25) is 0 Å². The van der Waals surface area contributed by atoms with Gasteiger partial charge in [-0.2, -0.15) is 0 Å². The highest BCUT2D eigenvalue weighted by atomic mass is 79.9. The summed E-state index contributed by atoms with van der Waals surface area (Å²) in [5.41, 5.74) is 5.62. The third kappa shape index (κ3) is 4.02. The predicted octanol–water partition coefficient (Wildman–Crippen LogP) is 6.80. The summed E-state index contributed by atoms with van der Waals surface area (Å²) >= 11 is 3.51. The van der Waals surface area contributed by atoms with E-state index < -0.39 is 0 Å². The molecular formula is C21H22BrN. The van der Waals surface area contributed by atoms with Crippen molar-refractivity contribution in [2.24, 2.45) is 0 Å². The van der Waals surface area contributed by atoms with E-state index in [-0.39, 0.29) is 0 Å². The van der Waals surface area contributed by atoms with E-state index in [0.29, 0.717) is 0 Å². The molecule has 0 saturated carbocycles. The van der Waals surface area contributed by atoms with Crippen LogP contribution in [0.1, 0.15) is 19.4 Å². The second kappa shape index (κ2) is 7.98. The Morgan fingerprint density at radius 3 is 2.35 bits per heavy atom. The summed E-state index contributed by atoms with van der Waals surface area (Å²) < 4.78 is 1.06. The van der Waals surface area contributed by atoms with Crippen molar-refractivity contribution in [3.63, 3.8) is 0 Å². The molecule has 2 aromatic rings. The molecule has 0 radical (unpaired) electrons. The Bertz CT molecular complexity index is 726. The first kappa shape index (κ1) is 17.3. The standard InChI is InChI=1S/C21H22BrN/c1-5-9-20(16(3)4)23(19-14-12-18(22)13-15-19)21-11-8-7-10-17(21)6-2/h5,7-15H,1,3,6H2,2,4H3/b20-9+. The van der Waals surface area contributed by atoms with Crippen molar-refractivity contribution in [3.8, 4) is 0 Å². The van der Waals surface area contributed by atoms with Crippen LogP contribution in [0.15, 0.2) is 89.6 Å². The summed E-state index contributed by atoms with van der Waals surface area (Å²) in [5.74, 6) is 0. The maximum atomic E-state index is 4.15. The molecule has 1 nitrogen and oxygen atoms in total. The normalized spacial score (nSPS) is 11.2. The maximum Gasteiger partial charge on any atom is 0.0493 e. The Morgan fingerprint density at radius 2 is 1.78 bits per heavy atom. The molecule has 0 aliphatic rings. The third-order valence-corrected chi connectivity index (χ3v) is 4.18. The van der Waals surface area contributed by atoms with Gasteiger partial charge in [-0.1, -0.05) is 60.3 Å². The molecule has 2 aromatic carbocycles. The van der Waals surface area contributed by atoms with Gasteiger partial charge >= 0.3 is 0 Å². The van der Waals surface area contributed by atoms with Crippen molar-refractivity contribution in [1.29, 1.82) is 0 Å². The van der Waals surface area contributed by atoms with Gasteiger partial charge in [0.15, 0.2) is 0 Å². The fourth-order valence-electron chi connectivity index (χ4n) is 2.55. The van der Waals surface area contributed by atoms with Crippen LogP contribution in [0.2, 0.25) is 0 Å². The minimum Gasteiger partial charge on any atom is -0.310 e. The summed E-state index contributed by atoms with van der Waals surface area (Å²) in [7, 11) is 0. The van der Waals surface area contributed by atoms with Gasteiger partial charge in [-0.15, -0.1) is 0 Å². The Balaban J connectivity index is 2.68. The van der Waals surface area contributed by atoms with Crippen LogP contribution in [-0.4, -0.2) is 0 Å². The highest BCUT2D eigenvalue weighted by molar-refractivity contribution is 9.10. The average Bonchev–Trinajstić information content (AvgIpc) is 2.56. The number of aryl methyl sites for hydroxylation is 1. The fraction of sp³-hybridized carbons (Fsp3) is 0.143. The van der Waals surface area contributed by atoms with Gasteiger partial charge in [0.05, 0.1) is 0 Å². The molecule has 0 spiro atoms. The van der Waals surface area contributed by atoms with Gasteiger partial charge in [-0.05, 0) is 60.9 Å². The van der Waals surface area contributed by atoms with Crippen LogP contribution in [0, 0.1) is 0 Å². The van der Waals surface area contributed by atoms with Crippen LogP contribution in [-0.2, 0) is 6.42 Å². The van der Waals surface area contributed by atoms with Crippen molar-refractivity contribution in [3.05, 3.63) is 95.1 Å². The number of hydrogen-bond acceptors (Lipinski definition) is 1. The number of allylic oxidation sites excluding steroid dienone is 3. The van der Waals surface area contributed by atoms with Crippen LogP contribution in [0.5, 0.6) is 0 Å². The molecule has 23 heavy (non-hydrogen) atoms. The van der Waals surface area contributed by atoms with Crippen molar-refractivity contribution in [2.75, 3.05) is 4.90 Å². The molecule has 118 valence electrons. The lowest BCUT2D eigenvalue weighted by atomic mass is 10.1. The smallest absolute Gasteiger partial charge is 0.0493 e. The molecule has 0 atom stereocenters. The topological polar surface area (TPSA) is 3.24 Å². The first-order valence-electron chi connectivity index (χ1n) is 7.70. The van der Waals surface area contributed by atoms with Gasteiger partial charge in [-0.3, -0.25) is 0 Å². The molecule has 0 unspecified atom stereocenters. The molecular weight excluding hydrogens is 346 g/mol. The van der Waals surface area contributed by atoms with Crippen LogP contribution < -0.4 is 4.90 Å². The molecule has 0 N–H and O–H groups in total. The van der Waals surface area contributed by atoms with Gasteiger partial charge in [0.25, 0.3) is 0 Å². The van der Waals surface area contributed by atoms with Gasteiger partial charge in [-0.25, -0.2) is 0 Å². The highest BCUT2D eigenvalue weighted by Gasteiger charge is 2.17. The predicted molar refractivity (Wildman–Crippen MR) is 105 cm³/mol. The third-order valence-electron chi connectivity index (χ3n) is 3.65. The van der Waals surface area contributed by atoms with E-state index in [4.69, 9.17) is 0 Å². The SMILES string of the molecule is C=C/C=C(\C(=C)C)N(c1ccc(Br)cc1)c1ccccc1CC. The molecule has 0 heterocycles. The van der Waals surface area contributed by atoms with Gasteiger partial charge in [0, 0.05) is 21.5 Å². The number of para-hydroxylation sites is 1. The van der Waals surface area contributed by atoms with Crippen molar-refractivity contribution >= 4 is 27.3 Å². The molecule has 0 aliphatic heterocycles. The monoisotopic (exact) mass is 367 g/mol. The second-order valence-corrected chi connectivity index (χ2v) is 6.28. The lowest BCUT2D eigenvalue weighted by molar-refractivity contribution is 1.08. The Hall–Kier alpha value is -2.06. The zero-order chi connectivity index (χ0) is 16.8. The van der Waals surface area contributed by atoms with Gasteiger partial charge in [0.1, 0.15) is 0 Å². The van der Waals surface area contributed by atoms with Crippen molar-refractivity contribution in [1.82, 2.24) is 0 Å². The molecule has 2 rings (SSSR count). The maximum absolute atomic E-state index is 4.15. The number of hydrogen-bond donors (Lipinski definition) is 0. The largest absolute Gasteiger partial charge is 0.310 e. The Labute approximate surface area is 147 Å². The zero-order valence-corrected chi connectivity index (χ0v) is 15.3. The lowest BCUT2D eigenvalue weighted by Crippen LogP contribution is -2.18.